The number of phenolic OH excluding ortho intramolecular Hbond substituents is 2. The van der Waals surface area contributed by atoms with E-state index in [1.807, 2.05) is 31.2 Å². The quantitative estimate of drug-likeness (QED) is 0.788. The Labute approximate surface area is 123 Å². The molecular weight excluding hydrogens is 274 g/mol. The van der Waals surface area contributed by atoms with E-state index in [9.17, 15) is 10.2 Å². The maximum atomic E-state index is 9.47. The van der Waals surface area contributed by atoms with Gasteiger partial charge in [-0.25, -0.2) is 0 Å². The van der Waals surface area contributed by atoms with Gasteiger partial charge in [0.2, 0.25) is 0 Å². The zero-order chi connectivity index (χ0) is 14.5. The van der Waals surface area contributed by atoms with Crippen LogP contribution in [0.1, 0.15) is 24.1 Å². The summed E-state index contributed by atoms with van der Waals surface area (Å²) in [6.07, 6.45) is 0.895. The minimum absolute atomic E-state index is 0.0558. The summed E-state index contributed by atoms with van der Waals surface area (Å²) in [6, 6.07) is 12.5. The number of phenols is 2. The summed E-state index contributed by atoms with van der Waals surface area (Å²) in [5.74, 6) is 0.151. The van der Waals surface area contributed by atoms with Crippen molar-refractivity contribution in [3.05, 3.63) is 58.6 Å². The summed E-state index contributed by atoms with van der Waals surface area (Å²) in [5, 5.41) is 23.0. The van der Waals surface area contributed by atoms with Gasteiger partial charge in [0.25, 0.3) is 0 Å². The summed E-state index contributed by atoms with van der Waals surface area (Å²) in [7, 11) is 0. The molecule has 0 radical (unpaired) electrons. The zero-order valence-corrected chi connectivity index (χ0v) is 12.1. The van der Waals surface area contributed by atoms with E-state index in [0.717, 1.165) is 23.6 Å². The van der Waals surface area contributed by atoms with Crippen LogP contribution >= 0.6 is 11.6 Å². The third-order valence-corrected chi connectivity index (χ3v) is 3.45. The molecule has 2 aromatic carbocycles. The minimum Gasteiger partial charge on any atom is -0.508 e. The molecule has 0 saturated carbocycles. The molecule has 0 amide bonds. The van der Waals surface area contributed by atoms with Gasteiger partial charge in [0, 0.05) is 17.1 Å². The van der Waals surface area contributed by atoms with E-state index < -0.39 is 0 Å². The first kappa shape index (κ1) is 14.7. The van der Waals surface area contributed by atoms with E-state index in [1.165, 1.54) is 11.6 Å². The first-order chi connectivity index (χ1) is 9.54. The standard InChI is InChI=1S/C16H18ClNO2/c1-11(13-8-15(19)10-16(20)9-13)18-7-6-12-2-4-14(17)5-3-12/h2-5,8-11,18-20H,6-7H2,1H3. The number of nitrogens with one attached hydrogen (secondary N) is 1. The highest BCUT2D eigenvalue weighted by Gasteiger charge is 2.07. The van der Waals surface area contributed by atoms with Crippen LogP contribution in [0.25, 0.3) is 0 Å². The van der Waals surface area contributed by atoms with Crippen molar-refractivity contribution in [3.8, 4) is 11.5 Å². The Morgan fingerprint density at radius 2 is 1.65 bits per heavy atom. The topological polar surface area (TPSA) is 52.5 Å². The van der Waals surface area contributed by atoms with E-state index in [4.69, 9.17) is 11.6 Å². The Balaban J connectivity index is 1.88. The molecule has 0 aliphatic rings. The van der Waals surface area contributed by atoms with Gasteiger partial charge in [-0.3, -0.25) is 0 Å². The minimum atomic E-state index is 0.0558. The molecule has 2 rings (SSSR count). The first-order valence-electron chi connectivity index (χ1n) is 6.55. The molecule has 0 aliphatic carbocycles. The van der Waals surface area contributed by atoms with E-state index in [1.54, 1.807) is 12.1 Å². The Hall–Kier alpha value is -1.71. The highest BCUT2D eigenvalue weighted by Crippen LogP contribution is 2.24. The normalized spacial score (nSPS) is 12.3. The van der Waals surface area contributed by atoms with Crippen LogP contribution < -0.4 is 5.32 Å². The Morgan fingerprint density at radius 3 is 2.25 bits per heavy atom. The van der Waals surface area contributed by atoms with E-state index >= 15 is 0 Å². The molecule has 2 aromatic rings. The molecule has 1 unspecified atom stereocenters. The second kappa shape index (κ2) is 6.64. The Kier molecular flexibility index (Phi) is 4.88. The maximum absolute atomic E-state index is 9.47. The number of halogens is 1. The van der Waals surface area contributed by atoms with E-state index in [0.29, 0.717) is 0 Å². The fourth-order valence-corrected chi connectivity index (χ4v) is 2.20. The monoisotopic (exact) mass is 291 g/mol. The van der Waals surface area contributed by atoms with Gasteiger partial charge in [-0.05, 0) is 55.3 Å². The molecule has 0 spiro atoms. The lowest BCUT2D eigenvalue weighted by Crippen LogP contribution is -2.21. The largest absolute Gasteiger partial charge is 0.508 e. The molecule has 0 heterocycles. The molecule has 3 nitrogen and oxygen atoms in total. The summed E-state index contributed by atoms with van der Waals surface area (Å²) >= 11 is 5.84. The van der Waals surface area contributed by atoms with Gasteiger partial charge in [0.1, 0.15) is 11.5 Å². The van der Waals surface area contributed by atoms with Crippen molar-refractivity contribution in [1.29, 1.82) is 0 Å². The predicted octanol–water partition coefficient (Wildman–Crippen LogP) is 3.64. The first-order valence-corrected chi connectivity index (χ1v) is 6.93. The van der Waals surface area contributed by atoms with Crippen LogP contribution in [0.3, 0.4) is 0 Å². The van der Waals surface area contributed by atoms with Crippen LogP contribution in [0.2, 0.25) is 5.02 Å². The molecule has 20 heavy (non-hydrogen) atoms. The van der Waals surface area contributed by atoms with Crippen molar-refractivity contribution >= 4 is 11.6 Å². The Morgan fingerprint density at radius 1 is 1.05 bits per heavy atom. The molecule has 0 bridgehead atoms. The van der Waals surface area contributed by atoms with Crippen LogP contribution in [0, 0.1) is 0 Å². The number of benzene rings is 2. The SMILES string of the molecule is CC(NCCc1ccc(Cl)cc1)c1cc(O)cc(O)c1. The van der Waals surface area contributed by atoms with Crippen molar-refractivity contribution in [1.82, 2.24) is 5.32 Å². The smallest absolute Gasteiger partial charge is 0.119 e. The van der Waals surface area contributed by atoms with Gasteiger partial charge < -0.3 is 15.5 Å². The lowest BCUT2D eigenvalue weighted by molar-refractivity contribution is 0.446. The Bertz CT molecular complexity index is 549. The predicted molar refractivity (Wildman–Crippen MR) is 81.3 cm³/mol. The molecule has 106 valence electrons. The van der Waals surface area contributed by atoms with Gasteiger partial charge >= 0.3 is 0 Å². The zero-order valence-electron chi connectivity index (χ0n) is 11.3. The molecule has 4 heteroatoms. The molecule has 1 atom stereocenters. The summed E-state index contributed by atoms with van der Waals surface area (Å²) in [6.45, 7) is 2.80. The van der Waals surface area contributed by atoms with Crippen molar-refractivity contribution in [2.45, 2.75) is 19.4 Å². The lowest BCUT2D eigenvalue weighted by Gasteiger charge is -2.15. The molecular formula is C16H18ClNO2. The van der Waals surface area contributed by atoms with Gasteiger partial charge in [0.15, 0.2) is 0 Å². The molecule has 3 N–H and O–H groups in total. The number of hydrogen-bond donors (Lipinski definition) is 3. The molecule has 0 aliphatic heterocycles. The average molecular weight is 292 g/mol. The van der Waals surface area contributed by atoms with Crippen LogP contribution in [0.15, 0.2) is 42.5 Å². The molecule has 0 aromatic heterocycles. The molecule has 0 saturated heterocycles. The van der Waals surface area contributed by atoms with Gasteiger partial charge in [0.05, 0.1) is 0 Å². The average Bonchev–Trinajstić information content (AvgIpc) is 2.40. The summed E-state index contributed by atoms with van der Waals surface area (Å²) < 4.78 is 0. The van der Waals surface area contributed by atoms with Crippen molar-refractivity contribution in [2.75, 3.05) is 6.54 Å². The summed E-state index contributed by atoms with van der Waals surface area (Å²) in [4.78, 5) is 0. The van der Waals surface area contributed by atoms with Crippen LogP contribution in [0.4, 0.5) is 0 Å². The van der Waals surface area contributed by atoms with Crippen LogP contribution in [-0.4, -0.2) is 16.8 Å². The third-order valence-electron chi connectivity index (χ3n) is 3.20. The molecule has 0 fully saturated rings. The van der Waals surface area contributed by atoms with Gasteiger partial charge in [-0.2, -0.15) is 0 Å². The third kappa shape index (κ3) is 4.15. The van der Waals surface area contributed by atoms with Gasteiger partial charge in [-0.15, -0.1) is 0 Å². The van der Waals surface area contributed by atoms with Crippen molar-refractivity contribution in [3.63, 3.8) is 0 Å². The lowest BCUT2D eigenvalue weighted by atomic mass is 10.1. The van der Waals surface area contributed by atoms with Crippen LogP contribution in [0.5, 0.6) is 11.5 Å². The summed E-state index contributed by atoms with van der Waals surface area (Å²) in [5.41, 5.74) is 2.08. The number of aromatic hydroxyl groups is 2. The number of hydrogen-bond acceptors (Lipinski definition) is 3. The fourth-order valence-electron chi connectivity index (χ4n) is 2.07. The highest BCUT2D eigenvalue weighted by molar-refractivity contribution is 6.30. The van der Waals surface area contributed by atoms with Crippen molar-refractivity contribution < 1.29 is 10.2 Å². The fraction of sp³-hybridized carbons (Fsp3) is 0.250. The van der Waals surface area contributed by atoms with E-state index in [-0.39, 0.29) is 17.5 Å². The highest BCUT2D eigenvalue weighted by atomic mass is 35.5. The van der Waals surface area contributed by atoms with Crippen molar-refractivity contribution in [2.24, 2.45) is 0 Å². The van der Waals surface area contributed by atoms with Gasteiger partial charge in [-0.1, -0.05) is 23.7 Å². The second-order valence-corrected chi connectivity index (χ2v) is 5.27. The number of rotatable bonds is 5. The second-order valence-electron chi connectivity index (χ2n) is 4.84. The van der Waals surface area contributed by atoms with Crippen LogP contribution in [-0.2, 0) is 6.42 Å². The maximum Gasteiger partial charge on any atom is 0.119 e. The van der Waals surface area contributed by atoms with E-state index in [2.05, 4.69) is 5.32 Å².